The van der Waals surface area contributed by atoms with Crippen molar-refractivity contribution in [1.82, 2.24) is 0 Å². The van der Waals surface area contributed by atoms with Crippen molar-refractivity contribution in [2.75, 3.05) is 30.5 Å². The van der Waals surface area contributed by atoms with Crippen LogP contribution in [0.15, 0.2) is 18.2 Å². The highest BCUT2D eigenvalue weighted by atomic mass is 35.5. The van der Waals surface area contributed by atoms with Gasteiger partial charge in [-0.25, -0.2) is 0 Å². The molecule has 0 saturated carbocycles. The molecule has 0 saturated heterocycles. The average Bonchev–Trinajstić information content (AvgIpc) is 2.37. The Bertz CT molecular complexity index is 371. The number of benzene rings is 1. The lowest BCUT2D eigenvalue weighted by Gasteiger charge is -2.23. The lowest BCUT2D eigenvalue weighted by atomic mass is 10.0. The molecular formula is C14H23ClN2S. The lowest BCUT2D eigenvalue weighted by molar-refractivity contribution is 0.645. The summed E-state index contributed by atoms with van der Waals surface area (Å²) in [6, 6.07) is 6.31. The van der Waals surface area contributed by atoms with Crippen molar-refractivity contribution in [3.63, 3.8) is 0 Å². The largest absolute Gasteiger partial charge is 0.374 e. The van der Waals surface area contributed by atoms with Crippen LogP contribution in [0.4, 0.5) is 5.69 Å². The molecular weight excluding hydrogens is 264 g/mol. The first-order valence-corrected chi connectivity index (χ1v) is 8.09. The van der Waals surface area contributed by atoms with Gasteiger partial charge in [-0.2, -0.15) is 11.8 Å². The Morgan fingerprint density at radius 2 is 2.17 bits per heavy atom. The maximum atomic E-state index is 6.10. The number of hydrogen-bond donors (Lipinski definition) is 1. The quantitative estimate of drug-likeness (QED) is 0.833. The zero-order valence-corrected chi connectivity index (χ0v) is 13.0. The molecule has 4 heteroatoms. The highest BCUT2D eigenvalue weighted by molar-refractivity contribution is 7.98. The van der Waals surface area contributed by atoms with Crippen LogP contribution in [0, 0.1) is 0 Å². The molecule has 0 aromatic heterocycles. The van der Waals surface area contributed by atoms with E-state index in [1.54, 1.807) is 0 Å². The summed E-state index contributed by atoms with van der Waals surface area (Å²) in [4.78, 5) is 2.26. The molecule has 0 fully saturated rings. The molecule has 18 heavy (non-hydrogen) atoms. The number of hydrogen-bond acceptors (Lipinski definition) is 3. The van der Waals surface area contributed by atoms with Crippen LogP contribution in [-0.4, -0.2) is 31.6 Å². The molecule has 0 aliphatic carbocycles. The van der Waals surface area contributed by atoms with Gasteiger partial charge in [0.2, 0.25) is 0 Å². The number of anilines is 1. The van der Waals surface area contributed by atoms with Crippen molar-refractivity contribution in [3.8, 4) is 0 Å². The van der Waals surface area contributed by atoms with Gasteiger partial charge in [-0.3, -0.25) is 0 Å². The summed E-state index contributed by atoms with van der Waals surface area (Å²) in [5.41, 5.74) is 8.55. The molecule has 1 aromatic carbocycles. The SMILES string of the molecule is CCC(N)Cc1ccc(Cl)cc1N(C)CCSC. The minimum absolute atomic E-state index is 0.221. The molecule has 0 aliphatic heterocycles. The first kappa shape index (κ1) is 15.7. The van der Waals surface area contributed by atoms with E-state index >= 15 is 0 Å². The average molecular weight is 287 g/mol. The summed E-state index contributed by atoms with van der Waals surface area (Å²) >= 11 is 7.96. The van der Waals surface area contributed by atoms with Gasteiger partial charge in [-0.1, -0.05) is 24.6 Å². The summed E-state index contributed by atoms with van der Waals surface area (Å²) in [5.74, 6) is 1.11. The molecule has 2 nitrogen and oxygen atoms in total. The fourth-order valence-corrected chi connectivity index (χ4v) is 2.46. The van der Waals surface area contributed by atoms with E-state index in [2.05, 4.69) is 31.2 Å². The molecule has 1 atom stereocenters. The van der Waals surface area contributed by atoms with E-state index in [0.29, 0.717) is 0 Å². The predicted octanol–water partition coefficient (Wildman–Crippen LogP) is 3.42. The van der Waals surface area contributed by atoms with Crippen molar-refractivity contribution < 1.29 is 0 Å². The molecule has 0 spiro atoms. The fourth-order valence-electron chi connectivity index (χ4n) is 1.84. The first-order valence-electron chi connectivity index (χ1n) is 6.32. The summed E-state index contributed by atoms with van der Waals surface area (Å²) < 4.78 is 0. The second kappa shape index (κ2) is 7.93. The third kappa shape index (κ3) is 4.71. The fraction of sp³-hybridized carbons (Fsp3) is 0.571. The number of thioether (sulfide) groups is 1. The highest BCUT2D eigenvalue weighted by Crippen LogP contribution is 2.25. The van der Waals surface area contributed by atoms with E-state index in [4.69, 9.17) is 17.3 Å². The summed E-state index contributed by atoms with van der Waals surface area (Å²) in [6.45, 7) is 3.15. The van der Waals surface area contributed by atoms with Gasteiger partial charge in [0.25, 0.3) is 0 Å². The van der Waals surface area contributed by atoms with Crippen LogP contribution in [0.25, 0.3) is 0 Å². The Kier molecular flexibility index (Phi) is 6.90. The first-order chi connectivity index (χ1) is 8.58. The molecule has 1 aromatic rings. The highest BCUT2D eigenvalue weighted by Gasteiger charge is 2.11. The number of nitrogens with two attached hydrogens (primary N) is 1. The van der Waals surface area contributed by atoms with Crippen LogP contribution in [-0.2, 0) is 6.42 Å². The molecule has 0 heterocycles. The lowest BCUT2D eigenvalue weighted by Crippen LogP contribution is -2.25. The number of nitrogens with zero attached hydrogens (tertiary/aromatic N) is 1. The van der Waals surface area contributed by atoms with Crippen LogP contribution in [0.1, 0.15) is 18.9 Å². The Morgan fingerprint density at radius 3 is 2.78 bits per heavy atom. The molecule has 0 bridgehead atoms. The standard InChI is InChI=1S/C14H23ClN2S/c1-4-13(16)9-11-5-6-12(15)10-14(11)17(2)7-8-18-3/h5-6,10,13H,4,7-9,16H2,1-3H3. The van der Waals surface area contributed by atoms with Gasteiger partial charge in [0, 0.05) is 36.1 Å². The van der Waals surface area contributed by atoms with Gasteiger partial charge in [-0.05, 0) is 36.8 Å². The summed E-state index contributed by atoms with van der Waals surface area (Å²) in [5, 5.41) is 0.787. The Morgan fingerprint density at radius 1 is 1.44 bits per heavy atom. The van der Waals surface area contributed by atoms with E-state index in [1.165, 1.54) is 11.3 Å². The Hall–Kier alpha value is -0.380. The number of rotatable bonds is 7. The molecule has 1 rings (SSSR count). The van der Waals surface area contributed by atoms with Gasteiger partial charge >= 0.3 is 0 Å². The third-order valence-corrected chi connectivity index (χ3v) is 3.92. The summed E-state index contributed by atoms with van der Waals surface area (Å²) in [6.07, 6.45) is 4.03. The molecule has 0 aliphatic rings. The van der Waals surface area contributed by atoms with Gasteiger partial charge in [0.05, 0.1) is 0 Å². The van der Waals surface area contributed by atoms with Crippen molar-refractivity contribution in [1.29, 1.82) is 0 Å². The predicted molar refractivity (Wildman–Crippen MR) is 85.1 cm³/mol. The molecule has 0 amide bonds. The van der Waals surface area contributed by atoms with Gasteiger partial charge in [0.1, 0.15) is 0 Å². The third-order valence-electron chi connectivity index (χ3n) is 3.10. The van der Waals surface area contributed by atoms with Crippen molar-refractivity contribution in [3.05, 3.63) is 28.8 Å². The molecule has 2 N–H and O–H groups in total. The van der Waals surface area contributed by atoms with Gasteiger partial charge in [-0.15, -0.1) is 0 Å². The van der Waals surface area contributed by atoms with E-state index < -0.39 is 0 Å². The summed E-state index contributed by atoms with van der Waals surface area (Å²) in [7, 11) is 2.11. The van der Waals surface area contributed by atoms with Crippen molar-refractivity contribution in [2.45, 2.75) is 25.8 Å². The molecule has 1 unspecified atom stereocenters. The Balaban J connectivity index is 2.88. The molecule has 102 valence electrons. The number of halogens is 1. The van der Waals surface area contributed by atoms with E-state index in [1.807, 2.05) is 23.9 Å². The van der Waals surface area contributed by atoms with Crippen LogP contribution < -0.4 is 10.6 Å². The second-order valence-electron chi connectivity index (χ2n) is 4.56. The van der Waals surface area contributed by atoms with Gasteiger partial charge in [0.15, 0.2) is 0 Å². The van der Waals surface area contributed by atoms with Crippen LogP contribution in [0.3, 0.4) is 0 Å². The second-order valence-corrected chi connectivity index (χ2v) is 5.98. The van der Waals surface area contributed by atoms with E-state index in [-0.39, 0.29) is 6.04 Å². The molecule has 0 radical (unpaired) electrons. The maximum Gasteiger partial charge on any atom is 0.0426 e. The van der Waals surface area contributed by atoms with Crippen LogP contribution in [0.5, 0.6) is 0 Å². The van der Waals surface area contributed by atoms with Crippen LogP contribution >= 0.6 is 23.4 Å². The van der Waals surface area contributed by atoms with Crippen molar-refractivity contribution in [2.24, 2.45) is 5.73 Å². The normalized spacial score (nSPS) is 12.5. The van der Waals surface area contributed by atoms with Gasteiger partial charge < -0.3 is 10.6 Å². The monoisotopic (exact) mass is 286 g/mol. The zero-order valence-electron chi connectivity index (χ0n) is 11.4. The van der Waals surface area contributed by atoms with E-state index in [0.717, 1.165) is 30.2 Å². The smallest absolute Gasteiger partial charge is 0.0426 e. The Labute approximate surface area is 120 Å². The topological polar surface area (TPSA) is 29.3 Å². The van der Waals surface area contributed by atoms with Crippen LogP contribution in [0.2, 0.25) is 5.02 Å². The zero-order chi connectivity index (χ0) is 13.5. The van der Waals surface area contributed by atoms with Crippen molar-refractivity contribution >= 4 is 29.1 Å². The maximum absolute atomic E-state index is 6.10. The van der Waals surface area contributed by atoms with E-state index in [9.17, 15) is 0 Å². The minimum atomic E-state index is 0.221. The minimum Gasteiger partial charge on any atom is -0.374 e.